The highest BCUT2D eigenvalue weighted by molar-refractivity contribution is 5.68. The minimum atomic E-state index is -0.521. The van der Waals surface area contributed by atoms with Crippen molar-refractivity contribution in [1.82, 2.24) is 5.32 Å². The molecule has 0 aromatic heterocycles. The molecule has 1 aliphatic rings. The van der Waals surface area contributed by atoms with Crippen molar-refractivity contribution in [3.05, 3.63) is 23.3 Å². The highest BCUT2D eigenvalue weighted by Crippen LogP contribution is 2.49. The number of amides is 1. The molecule has 1 N–H and O–H groups in total. The molecule has 1 aliphatic carbocycles. The van der Waals surface area contributed by atoms with Crippen molar-refractivity contribution in [2.24, 2.45) is 0 Å². The van der Waals surface area contributed by atoms with Gasteiger partial charge in [0.05, 0.1) is 19.3 Å². The van der Waals surface area contributed by atoms with Gasteiger partial charge in [0.25, 0.3) is 0 Å². The Bertz CT molecular complexity index is 575. The van der Waals surface area contributed by atoms with Crippen molar-refractivity contribution in [3.63, 3.8) is 0 Å². The average molecular weight is 349 g/mol. The first kappa shape index (κ1) is 19.4. The number of nitrogens with one attached hydrogen (secondary N) is 1. The molecule has 25 heavy (non-hydrogen) atoms. The van der Waals surface area contributed by atoms with E-state index in [9.17, 15) is 4.79 Å². The van der Waals surface area contributed by atoms with E-state index in [2.05, 4.69) is 5.32 Å². The summed E-state index contributed by atoms with van der Waals surface area (Å²) in [5, 5.41) is 2.88. The monoisotopic (exact) mass is 349 g/mol. The Morgan fingerprint density at radius 2 is 1.68 bits per heavy atom. The van der Waals surface area contributed by atoms with Gasteiger partial charge in [-0.1, -0.05) is 0 Å². The SMILES string of the molecule is CCOc1cc([C@@H](C)NC(=O)OC(C)(C)C)cc(OCC)c1C1CC1. The fourth-order valence-corrected chi connectivity index (χ4v) is 2.76. The summed E-state index contributed by atoms with van der Waals surface area (Å²) >= 11 is 0. The molecule has 0 heterocycles. The number of rotatable bonds is 7. The van der Waals surface area contributed by atoms with Crippen LogP contribution >= 0.6 is 0 Å². The predicted octanol–water partition coefficient (Wildman–Crippen LogP) is 4.95. The van der Waals surface area contributed by atoms with Gasteiger partial charge in [-0.3, -0.25) is 0 Å². The van der Waals surface area contributed by atoms with Gasteiger partial charge in [-0.2, -0.15) is 0 Å². The van der Waals surface area contributed by atoms with E-state index in [0.29, 0.717) is 19.1 Å². The number of carbonyl (C=O) groups excluding carboxylic acids is 1. The van der Waals surface area contributed by atoms with Gasteiger partial charge in [0.2, 0.25) is 0 Å². The number of benzene rings is 1. The molecule has 1 saturated carbocycles. The lowest BCUT2D eigenvalue weighted by Crippen LogP contribution is -2.34. The van der Waals surface area contributed by atoms with Crippen LogP contribution in [0.4, 0.5) is 4.79 Å². The number of carbonyl (C=O) groups is 1. The van der Waals surface area contributed by atoms with Crippen LogP contribution in [-0.2, 0) is 4.74 Å². The van der Waals surface area contributed by atoms with Gasteiger partial charge in [0.15, 0.2) is 0 Å². The molecule has 0 saturated heterocycles. The maximum atomic E-state index is 12.1. The van der Waals surface area contributed by atoms with Crippen LogP contribution in [0, 0.1) is 0 Å². The van der Waals surface area contributed by atoms with E-state index in [1.54, 1.807) is 0 Å². The first-order chi connectivity index (χ1) is 11.7. The summed E-state index contributed by atoms with van der Waals surface area (Å²) < 4.78 is 17.1. The van der Waals surface area contributed by atoms with Crippen molar-refractivity contribution >= 4 is 6.09 Å². The Labute approximate surface area is 151 Å². The van der Waals surface area contributed by atoms with E-state index < -0.39 is 11.7 Å². The van der Waals surface area contributed by atoms with Crippen molar-refractivity contribution in [2.45, 2.75) is 71.9 Å². The molecule has 1 fully saturated rings. The summed E-state index contributed by atoms with van der Waals surface area (Å²) in [7, 11) is 0. The van der Waals surface area contributed by atoms with Crippen LogP contribution in [-0.4, -0.2) is 24.9 Å². The van der Waals surface area contributed by atoms with Gasteiger partial charge in [-0.15, -0.1) is 0 Å². The molecule has 0 radical (unpaired) electrons. The largest absolute Gasteiger partial charge is 0.493 e. The third-order valence-corrected chi connectivity index (χ3v) is 3.94. The molecule has 5 heteroatoms. The van der Waals surface area contributed by atoms with Crippen LogP contribution in [0.5, 0.6) is 11.5 Å². The standard InChI is InChI=1S/C20H31NO4/c1-7-23-16-11-15(13(3)21-19(22)25-20(4,5)6)12-17(24-8-2)18(16)14-9-10-14/h11-14H,7-10H2,1-6H3,(H,21,22)/t13-/m1/s1. The smallest absolute Gasteiger partial charge is 0.408 e. The van der Waals surface area contributed by atoms with E-state index in [1.165, 1.54) is 12.8 Å². The maximum absolute atomic E-state index is 12.1. The summed E-state index contributed by atoms with van der Waals surface area (Å²) in [6.45, 7) is 12.6. The van der Waals surface area contributed by atoms with Gasteiger partial charge >= 0.3 is 6.09 Å². The molecule has 0 spiro atoms. The summed E-state index contributed by atoms with van der Waals surface area (Å²) in [5.74, 6) is 2.25. The van der Waals surface area contributed by atoms with Crippen LogP contribution in [0.3, 0.4) is 0 Å². The molecule has 5 nitrogen and oxygen atoms in total. The van der Waals surface area contributed by atoms with Crippen molar-refractivity contribution in [2.75, 3.05) is 13.2 Å². The molecular formula is C20H31NO4. The van der Waals surface area contributed by atoms with E-state index in [-0.39, 0.29) is 6.04 Å². The van der Waals surface area contributed by atoms with Crippen LogP contribution in [0.2, 0.25) is 0 Å². The minimum Gasteiger partial charge on any atom is -0.493 e. The van der Waals surface area contributed by atoms with Gasteiger partial charge < -0.3 is 19.5 Å². The van der Waals surface area contributed by atoms with Crippen LogP contribution in [0.1, 0.15) is 77.5 Å². The molecule has 1 aromatic rings. The van der Waals surface area contributed by atoms with Crippen LogP contribution < -0.4 is 14.8 Å². The second kappa shape index (κ2) is 7.98. The Balaban J connectivity index is 2.25. The average Bonchev–Trinajstić information content (AvgIpc) is 3.30. The molecule has 2 rings (SSSR count). The van der Waals surface area contributed by atoms with Crippen LogP contribution in [0.15, 0.2) is 12.1 Å². The quantitative estimate of drug-likeness (QED) is 0.757. The Kier molecular flexibility index (Phi) is 6.20. The van der Waals surface area contributed by atoms with Gasteiger partial charge in [0, 0.05) is 5.56 Å². The number of hydrogen-bond donors (Lipinski definition) is 1. The summed E-state index contributed by atoms with van der Waals surface area (Å²) in [5.41, 5.74) is 1.59. The summed E-state index contributed by atoms with van der Waals surface area (Å²) in [6.07, 6.45) is 1.92. The molecule has 0 bridgehead atoms. The molecule has 1 atom stereocenters. The first-order valence-electron chi connectivity index (χ1n) is 9.18. The lowest BCUT2D eigenvalue weighted by Gasteiger charge is -2.23. The second-order valence-corrected chi connectivity index (χ2v) is 7.44. The lowest BCUT2D eigenvalue weighted by molar-refractivity contribution is 0.0507. The Morgan fingerprint density at radius 3 is 2.08 bits per heavy atom. The third kappa shape index (κ3) is 5.55. The number of ether oxygens (including phenoxy) is 3. The topological polar surface area (TPSA) is 56.8 Å². The zero-order valence-electron chi connectivity index (χ0n) is 16.3. The van der Waals surface area contributed by atoms with E-state index >= 15 is 0 Å². The van der Waals surface area contributed by atoms with Gasteiger partial charge in [-0.05, 0) is 78.0 Å². The van der Waals surface area contributed by atoms with E-state index in [4.69, 9.17) is 14.2 Å². The number of hydrogen-bond acceptors (Lipinski definition) is 4. The minimum absolute atomic E-state index is 0.207. The molecule has 0 unspecified atom stereocenters. The first-order valence-corrected chi connectivity index (χ1v) is 9.18. The predicted molar refractivity (Wildman–Crippen MR) is 98.5 cm³/mol. The molecule has 1 amide bonds. The maximum Gasteiger partial charge on any atom is 0.408 e. The van der Waals surface area contributed by atoms with Crippen molar-refractivity contribution < 1.29 is 19.0 Å². The van der Waals surface area contributed by atoms with E-state index in [0.717, 1.165) is 22.6 Å². The van der Waals surface area contributed by atoms with Gasteiger partial charge in [-0.25, -0.2) is 4.79 Å². The second-order valence-electron chi connectivity index (χ2n) is 7.44. The molecule has 0 aliphatic heterocycles. The normalized spacial score (nSPS) is 15.4. The lowest BCUT2D eigenvalue weighted by atomic mass is 10.0. The number of alkyl carbamates (subject to hydrolysis) is 1. The summed E-state index contributed by atoms with van der Waals surface area (Å²) in [4.78, 5) is 12.1. The zero-order chi connectivity index (χ0) is 18.6. The molecular weight excluding hydrogens is 318 g/mol. The van der Waals surface area contributed by atoms with Crippen molar-refractivity contribution in [1.29, 1.82) is 0 Å². The third-order valence-electron chi connectivity index (χ3n) is 3.94. The van der Waals surface area contributed by atoms with Crippen LogP contribution in [0.25, 0.3) is 0 Å². The highest BCUT2D eigenvalue weighted by atomic mass is 16.6. The molecule has 1 aromatic carbocycles. The van der Waals surface area contributed by atoms with Crippen molar-refractivity contribution in [3.8, 4) is 11.5 Å². The zero-order valence-corrected chi connectivity index (χ0v) is 16.3. The Hall–Kier alpha value is -1.91. The summed E-state index contributed by atoms with van der Waals surface area (Å²) in [6, 6.07) is 3.82. The highest BCUT2D eigenvalue weighted by Gasteiger charge is 2.31. The fraction of sp³-hybridized carbons (Fsp3) is 0.650. The van der Waals surface area contributed by atoms with Gasteiger partial charge in [0.1, 0.15) is 17.1 Å². The fourth-order valence-electron chi connectivity index (χ4n) is 2.76. The Morgan fingerprint density at radius 1 is 1.16 bits per heavy atom. The molecule has 140 valence electrons. The van der Waals surface area contributed by atoms with E-state index in [1.807, 2.05) is 53.7 Å².